The molecule has 1 aromatic rings. The zero-order valence-electron chi connectivity index (χ0n) is 19.0. The van der Waals surface area contributed by atoms with Crippen molar-refractivity contribution < 1.29 is 24.5 Å². The second kappa shape index (κ2) is 9.13. The van der Waals surface area contributed by atoms with Crippen LogP contribution in [0.15, 0.2) is 12.3 Å². The lowest BCUT2D eigenvalue weighted by atomic mass is 9.78. The molecule has 2 saturated heterocycles. The van der Waals surface area contributed by atoms with Gasteiger partial charge in [-0.3, -0.25) is 9.69 Å². The van der Waals surface area contributed by atoms with E-state index in [-0.39, 0.29) is 18.1 Å². The zero-order chi connectivity index (χ0) is 22.9. The van der Waals surface area contributed by atoms with Crippen LogP contribution < -0.4 is 14.5 Å². The van der Waals surface area contributed by atoms with Gasteiger partial charge in [0, 0.05) is 38.3 Å². The van der Waals surface area contributed by atoms with E-state index in [1.54, 1.807) is 26.3 Å². The first kappa shape index (κ1) is 22.6. The van der Waals surface area contributed by atoms with E-state index in [1.807, 2.05) is 0 Å². The maximum atomic E-state index is 13.6. The second-order valence-corrected chi connectivity index (χ2v) is 9.26. The number of carboxylic acid groups (broad SMARTS) is 1. The number of likely N-dealkylation sites (tertiary alicyclic amines) is 1. The predicted octanol–water partition coefficient (Wildman–Crippen LogP) is 2.72. The van der Waals surface area contributed by atoms with Crippen LogP contribution in [0.4, 0.5) is 16.3 Å². The first-order chi connectivity index (χ1) is 15.4. The number of pyridine rings is 1. The average Bonchev–Trinajstić information content (AvgIpc) is 3.09. The molecule has 9 heteroatoms. The number of aliphatic hydroxyl groups is 1. The van der Waals surface area contributed by atoms with Crippen molar-refractivity contribution in [3.05, 3.63) is 12.3 Å². The molecule has 9 nitrogen and oxygen atoms in total. The summed E-state index contributed by atoms with van der Waals surface area (Å²) in [7, 11) is 1.56. The van der Waals surface area contributed by atoms with Crippen LogP contribution in [-0.2, 0) is 4.79 Å². The second-order valence-electron chi connectivity index (χ2n) is 9.26. The van der Waals surface area contributed by atoms with Gasteiger partial charge in [0.05, 0.1) is 30.5 Å². The van der Waals surface area contributed by atoms with Crippen molar-refractivity contribution in [3.8, 4) is 5.75 Å². The van der Waals surface area contributed by atoms with E-state index >= 15 is 0 Å². The SMILES string of the molecule is CCN(C(=O)O)c1cnc(N2CCCC3(CCN(C4CCC(O)CC4)C3=O)C2)c(OC)c1. The van der Waals surface area contributed by atoms with Gasteiger partial charge in [-0.1, -0.05) is 0 Å². The van der Waals surface area contributed by atoms with Crippen molar-refractivity contribution in [2.24, 2.45) is 5.41 Å². The number of amides is 2. The number of hydrogen-bond donors (Lipinski definition) is 2. The fourth-order valence-electron chi connectivity index (χ4n) is 5.65. The first-order valence-corrected chi connectivity index (χ1v) is 11.7. The summed E-state index contributed by atoms with van der Waals surface area (Å²) in [5, 5.41) is 19.2. The minimum Gasteiger partial charge on any atom is -0.493 e. The van der Waals surface area contributed by atoms with E-state index in [4.69, 9.17) is 4.74 Å². The van der Waals surface area contributed by atoms with Crippen LogP contribution >= 0.6 is 0 Å². The molecule has 2 amide bonds. The van der Waals surface area contributed by atoms with Crippen molar-refractivity contribution in [2.45, 2.75) is 64.0 Å². The largest absolute Gasteiger partial charge is 0.493 e. The van der Waals surface area contributed by atoms with Crippen LogP contribution in [0.5, 0.6) is 5.75 Å². The highest BCUT2D eigenvalue weighted by atomic mass is 16.5. The Morgan fingerprint density at radius 1 is 1.28 bits per heavy atom. The number of methoxy groups -OCH3 is 1. The Kier molecular flexibility index (Phi) is 6.46. The number of aromatic nitrogens is 1. The maximum Gasteiger partial charge on any atom is 0.411 e. The van der Waals surface area contributed by atoms with Crippen molar-refractivity contribution in [2.75, 3.05) is 43.1 Å². The van der Waals surface area contributed by atoms with Gasteiger partial charge >= 0.3 is 6.09 Å². The van der Waals surface area contributed by atoms with Crippen LogP contribution in [-0.4, -0.2) is 77.5 Å². The molecule has 0 aromatic carbocycles. The normalized spacial score (nSPS) is 28.3. The summed E-state index contributed by atoms with van der Waals surface area (Å²) in [5.74, 6) is 1.41. The number of carbonyl (C=O) groups is 2. The fourth-order valence-corrected chi connectivity index (χ4v) is 5.65. The first-order valence-electron chi connectivity index (χ1n) is 11.7. The fraction of sp³-hybridized carbons (Fsp3) is 0.696. The minimum absolute atomic E-state index is 0.227. The van der Waals surface area contributed by atoms with Crippen molar-refractivity contribution in [1.82, 2.24) is 9.88 Å². The van der Waals surface area contributed by atoms with Gasteiger partial charge < -0.3 is 24.7 Å². The third-order valence-corrected chi connectivity index (χ3v) is 7.43. The Morgan fingerprint density at radius 2 is 2.03 bits per heavy atom. The summed E-state index contributed by atoms with van der Waals surface area (Å²) in [4.78, 5) is 35.0. The zero-order valence-corrected chi connectivity index (χ0v) is 19.0. The number of carbonyl (C=O) groups excluding carboxylic acids is 1. The van der Waals surface area contributed by atoms with E-state index in [1.165, 1.54) is 4.90 Å². The van der Waals surface area contributed by atoms with Gasteiger partial charge in [0.1, 0.15) is 0 Å². The van der Waals surface area contributed by atoms with Crippen LogP contribution in [0.2, 0.25) is 0 Å². The van der Waals surface area contributed by atoms with Gasteiger partial charge in [0.15, 0.2) is 11.6 Å². The lowest BCUT2D eigenvalue weighted by Crippen LogP contribution is -2.50. The predicted molar refractivity (Wildman–Crippen MR) is 120 cm³/mol. The summed E-state index contributed by atoms with van der Waals surface area (Å²) in [6.07, 6.45) is 6.20. The summed E-state index contributed by atoms with van der Waals surface area (Å²) in [6.45, 7) is 4.24. The molecule has 1 aliphatic carbocycles. The molecule has 3 heterocycles. The smallest absolute Gasteiger partial charge is 0.411 e. The third kappa shape index (κ3) is 4.10. The van der Waals surface area contributed by atoms with Gasteiger partial charge in [-0.25, -0.2) is 9.78 Å². The molecule has 2 N–H and O–H groups in total. The van der Waals surface area contributed by atoms with E-state index in [2.05, 4.69) is 14.8 Å². The quantitative estimate of drug-likeness (QED) is 0.716. The number of hydrogen-bond acceptors (Lipinski definition) is 6. The number of ether oxygens (including phenoxy) is 1. The number of piperidine rings is 1. The van der Waals surface area contributed by atoms with E-state index in [0.29, 0.717) is 30.3 Å². The molecule has 32 heavy (non-hydrogen) atoms. The summed E-state index contributed by atoms with van der Waals surface area (Å²) < 4.78 is 5.58. The number of nitrogens with zero attached hydrogens (tertiary/aromatic N) is 4. The van der Waals surface area contributed by atoms with Gasteiger partial charge in [0.2, 0.25) is 5.91 Å². The number of anilines is 2. The van der Waals surface area contributed by atoms with Gasteiger partial charge in [0.25, 0.3) is 0 Å². The Labute approximate surface area is 189 Å². The molecule has 3 aliphatic rings. The van der Waals surface area contributed by atoms with Crippen LogP contribution in [0, 0.1) is 5.41 Å². The van der Waals surface area contributed by atoms with E-state index in [9.17, 15) is 19.8 Å². The van der Waals surface area contributed by atoms with Crippen LogP contribution in [0.3, 0.4) is 0 Å². The van der Waals surface area contributed by atoms with Gasteiger partial charge in [-0.05, 0) is 51.9 Å². The van der Waals surface area contributed by atoms with Crippen molar-refractivity contribution in [1.29, 1.82) is 0 Å². The van der Waals surface area contributed by atoms with Gasteiger partial charge in [-0.15, -0.1) is 0 Å². The van der Waals surface area contributed by atoms with Crippen molar-refractivity contribution >= 4 is 23.5 Å². The molecule has 1 aromatic heterocycles. The highest BCUT2D eigenvalue weighted by molar-refractivity contribution is 5.87. The summed E-state index contributed by atoms with van der Waals surface area (Å²) in [5.41, 5.74) is 0.0610. The molecule has 1 spiro atoms. The molecule has 1 saturated carbocycles. The van der Waals surface area contributed by atoms with E-state index < -0.39 is 11.5 Å². The van der Waals surface area contributed by atoms with E-state index in [0.717, 1.165) is 58.0 Å². The Hall–Kier alpha value is -2.55. The molecule has 2 aliphatic heterocycles. The third-order valence-electron chi connectivity index (χ3n) is 7.43. The molecule has 3 fully saturated rings. The summed E-state index contributed by atoms with van der Waals surface area (Å²) >= 11 is 0. The Morgan fingerprint density at radius 3 is 2.69 bits per heavy atom. The summed E-state index contributed by atoms with van der Waals surface area (Å²) in [6, 6.07) is 1.95. The molecular weight excluding hydrogens is 412 g/mol. The topological polar surface area (TPSA) is 106 Å². The minimum atomic E-state index is -1.03. The Balaban J connectivity index is 1.53. The van der Waals surface area contributed by atoms with Gasteiger partial charge in [-0.2, -0.15) is 0 Å². The highest BCUT2D eigenvalue weighted by Gasteiger charge is 2.51. The molecule has 1 atom stereocenters. The standard InChI is InChI=1S/C23H34N4O5/c1-3-26(22(30)31)17-13-19(32-2)20(24-14-17)25-11-4-9-23(15-25)10-12-27(21(23)29)16-5-7-18(28)8-6-16/h13-14,16,18,28H,3-12,15H2,1-2H3,(H,30,31). The molecular formula is C23H34N4O5. The maximum absolute atomic E-state index is 13.6. The number of aliphatic hydroxyl groups excluding tert-OH is 1. The lowest BCUT2D eigenvalue weighted by molar-refractivity contribution is -0.139. The number of rotatable bonds is 5. The molecule has 0 radical (unpaired) electrons. The Bertz CT molecular complexity index is 857. The molecule has 1 unspecified atom stereocenters. The lowest BCUT2D eigenvalue weighted by Gasteiger charge is -2.41. The highest BCUT2D eigenvalue weighted by Crippen LogP contribution is 2.44. The molecule has 4 rings (SSSR count). The molecule has 0 bridgehead atoms. The van der Waals surface area contributed by atoms with Crippen LogP contribution in [0.1, 0.15) is 51.9 Å². The van der Waals surface area contributed by atoms with Crippen molar-refractivity contribution in [3.63, 3.8) is 0 Å². The van der Waals surface area contributed by atoms with Crippen LogP contribution in [0.25, 0.3) is 0 Å². The monoisotopic (exact) mass is 446 g/mol. The average molecular weight is 447 g/mol. The molecule has 176 valence electrons.